The number of hydrogen-bond donors (Lipinski definition) is 3. The Morgan fingerprint density at radius 3 is 2.52 bits per heavy atom. The summed E-state index contributed by atoms with van der Waals surface area (Å²) in [6.45, 7) is 0. The van der Waals surface area contributed by atoms with Crippen molar-refractivity contribution in [1.29, 1.82) is 0 Å². The number of nitrogens with two attached hydrogens (primary N) is 1. The van der Waals surface area contributed by atoms with Crippen molar-refractivity contribution in [3.05, 3.63) is 42.2 Å². The van der Waals surface area contributed by atoms with Crippen molar-refractivity contribution in [3.63, 3.8) is 0 Å². The second-order valence-electron chi connectivity index (χ2n) is 4.45. The number of benzene rings is 1. The number of nitrogens with zero attached hydrogens (tertiary/aromatic N) is 1. The van der Waals surface area contributed by atoms with Crippen molar-refractivity contribution in [2.75, 3.05) is 0 Å². The molecule has 21 heavy (non-hydrogen) atoms. The molecular formula is C14H13N3O4. The molecule has 0 radical (unpaired) electrons. The van der Waals surface area contributed by atoms with Gasteiger partial charge in [-0.3, -0.25) is 14.6 Å². The van der Waals surface area contributed by atoms with E-state index in [1.165, 1.54) is 6.20 Å². The highest BCUT2D eigenvalue weighted by atomic mass is 16.4. The molecule has 0 saturated heterocycles. The van der Waals surface area contributed by atoms with Gasteiger partial charge in [0.05, 0.1) is 6.42 Å². The first-order valence-corrected chi connectivity index (χ1v) is 6.14. The number of fused-ring (bicyclic) bond motifs is 1. The smallest absolute Gasteiger partial charge is 0.326 e. The van der Waals surface area contributed by atoms with Gasteiger partial charge in [0.2, 0.25) is 5.91 Å². The van der Waals surface area contributed by atoms with E-state index in [0.717, 1.165) is 10.8 Å². The summed E-state index contributed by atoms with van der Waals surface area (Å²) >= 11 is 0. The fraction of sp³-hybridized carbons (Fsp3) is 0.143. The van der Waals surface area contributed by atoms with Crippen LogP contribution in [0.15, 0.2) is 36.5 Å². The van der Waals surface area contributed by atoms with E-state index in [1.807, 2.05) is 24.3 Å². The van der Waals surface area contributed by atoms with E-state index < -0.39 is 30.2 Å². The standard InChI is InChI=1S/C14H13N3O4/c15-12(18)6-11(14(20)21)17-13(19)10-5-8-3-1-2-4-9(8)7-16-10/h1-5,7,11H,6H2,(H2,15,18)(H,17,19)(H,20,21)/t11-/m0/s1. The van der Waals surface area contributed by atoms with Crippen LogP contribution in [0, 0.1) is 0 Å². The van der Waals surface area contributed by atoms with Crippen LogP contribution < -0.4 is 11.1 Å². The van der Waals surface area contributed by atoms with Gasteiger partial charge in [0.1, 0.15) is 11.7 Å². The molecule has 2 aromatic rings. The van der Waals surface area contributed by atoms with Gasteiger partial charge < -0.3 is 16.2 Å². The summed E-state index contributed by atoms with van der Waals surface area (Å²) in [6.07, 6.45) is 1.04. The van der Waals surface area contributed by atoms with E-state index in [2.05, 4.69) is 10.3 Å². The molecule has 7 heteroatoms. The lowest BCUT2D eigenvalue weighted by Crippen LogP contribution is -2.43. The van der Waals surface area contributed by atoms with Crippen LogP contribution in [0.5, 0.6) is 0 Å². The molecule has 1 aromatic carbocycles. The zero-order valence-electron chi connectivity index (χ0n) is 10.9. The molecule has 0 aliphatic heterocycles. The summed E-state index contributed by atoms with van der Waals surface area (Å²) in [5.41, 5.74) is 5.02. The number of hydrogen-bond acceptors (Lipinski definition) is 4. The Labute approximate surface area is 119 Å². The minimum absolute atomic E-state index is 0.0735. The van der Waals surface area contributed by atoms with E-state index in [9.17, 15) is 14.4 Å². The van der Waals surface area contributed by atoms with Crippen LogP contribution in [0.2, 0.25) is 0 Å². The molecule has 1 aromatic heterocycles. The minimum Gasteiger partial charge on any atom is -0.480 e. The molecule has 0 fully saturated rings. The van der Waals surface area contributed by atoms with Crippen molar-refractivity contribution >= 4 is 28.6 Å². The summed E-state index contributed by atoms with van der Waals surface area (Å²) in [7, 11) is 0. The first kappa shape index (κ1) is 14.4. The number of aromatic nitrogens is 1. The fourth-order valence-electron chi connectivity index (χ4n) is 1.84. The summed E-state index contributed by atoms with van der Waals surface area (Å²) < 4.78 is 0. The Balaban J connectivity index is 2.20. The van der Waals surface area contributed by atoms with Crippen LogP contribution in [0.3, 0.4) is 0 Å². The van der Waals surface area contributed by atoms with Gasteiger partial charge in [-0.25, -0.2) is 4.79 Å². The van der Waals surface area contributed by atoms with Crippen molar-refractivity contribution in [3.8, 4) is 0 Å². The van der Waals surface area contributed by atoms with E-state index in [4.69, 9.17) is 10.8 Å². The van der Waals surface area contributed by atoms with Crippen LogP contribution in [-0.2, 0) is 9.59 Å². The topological polar surface area (TPSA) is 122 Å². The third kappa shape index (κ3) is 3.53. The number of aliphatic carboxylic acids is 1. The largest absolute Gasteiger partial charge is 0.480 e. The van der Waals surface area contributed by atoms with Crippen LogP contribution >= 0.6 is 0 Å². The summed E-state index contributed by atoms with van der Waals surface area (Å²) in [5, 5.41) is 12.8. The van der Waals surface area contributed by atoms with Crippen LogP contribution in [0.25, 0.3) is 10.8 Å². The number of nitrogens with one attached hydrogen (secondary N) is 1. The molecule has 0 aliphatic carbocycles. The monoisotopic (exact) mass is 287 g/mol. The molecule has 4 N–H and O–H groups in total. The number of carbonyl (C=O) groups excluding carboxylic acids is 2. The van der Waals surface area contributed by atoms with Gasteiger partial charge in [0.25, 0.3) is 5.91 Å². The number of rotatable bonds is 5. The Kier molecular flexibility index (Phi) is 4.13. The first-order valence-electron chi connectivity index (χ1n) is 6.14. The van der Waals surface area contributed by atoms with Crippen molar-refractivity contribution in [2.45, 2.75) is 12.5 Å². The lowest BCUT2D eigenvalue weighted by Gasteiger charge is -2.12. The molecule has 0 bridgehead atoms. The second-order valence-corrected chi connectivity index (χ2v) is 4.45. The highest BCUT2D eigenvalue weighted by Gasteiger charge is 2.23. The maximum Gasteiger partial charge on any atom is 0.326 e. The van der Waals surface area contributed by atoms with E-state index >= 15 is 0 Å². The molecule has 0 unspecified atom stereocenters. The molecule has 0 aliphatic rings. The maximum atomic E-state index is 12.0. The highest BCUT2D eigenvalue weighted by Crippen LogP contribution is 2.13. The van der Waals surface area contributed by atoms with E-state index in [-0.39, 0.29) is 5.69 Å². The zero-order chi connectivity index (χ0) is 15.4. The Morgan fingerprint density at radius 1 is 1.24 bits per heavy atom. The number of carbonyl (C=O) groups is 3. The van der Waals surface area contributed by atoms with Gasteiger partial charge >= 0.3 is 5.97 Å². The van der Waals surface area contributed by atoms with Crippen LogP contribution in [0.1, 0.15) is 16.9 Å². The first-order chi connectivity index (χ1) is 9.97. The molecule has 1 heterocycles. The maximum absolute atomic E-state index is 12.0. The molecule has 0 spiro atoms. The lowest BCUT2D eigenvalue weighted by molar-refractivity contribution is -0.140. The summed E-state index contributed by atoms with van der Waals surface area (Å²) in [6, 6.07) is 7.49. The number of primary amides is 1. The molecule has 1 atom stereocenters. The number of pyridine rings is 1. The average Bonchev–Trinajstić information content (AvgIpc) is 2.45. The molecule has 2 rings (SSSR count). The Bertz CT molecular complexity index is 714. The SMILES string of the molecule is NC(=O)C[C@H](NC(=O)c1cc2ccccc2cn1)C(=O)O. The van der Waals surface area contributed by atoms with Crippen LogP contribution in [0.4, 0.5) is 0 Å². The van der Waals surface area contributed by atoms with Gasteiger partial charge in [-0.2, -0.15) is 0 Å². The van der Waals surface area contributed by atoms with E-state index in [0.29, 0.717) is 0 Å². The second kappa shape index (κ2) is 6.00. The van der Waals surface area contributed by atoms with Gasteiger partial charge in [-0.1, -0.05) is 24.3 Å². The van der Waals surface area contributed by atoms with Gasteiger partial charge in [-0.05, 0) is 11.5 Å². The van der Waals surface area contributed by atoms with E-state index in [1.54, 1.807) is 6.07 Å². The predicted molar refractivity (Wildman–Crippen MR) is 74.4 cm³/mol. The van der Waals surface area contributed by atoms with Crippen molar-refractivity contribution < 1.29 is 19.5 Å². The zero-order valence-corrected chi connectivity index (χ0v) is 10.9. The Hall–Kier alpha value is -2.96. The quantitative estimate of drug-likeness (QED) is 0.729. The average molecular weight is 287 g/mol. The minimum atomic E-state index is -1.37. The molecule has 0 saturated carbocycles. The van der Waals surface area contributed by atoms with Gasteiger partial charge in [-0.15, -0.1) is 0 Å². The van der Waals surface area contributed by atoms with Gasteiger partial charge in [0.15, 0.2) is 0 Å². The normalized spacial score (nSPS) is 11.8. The third-order valence-electron chi connectivity index (χ3n) is 2.87. The third-order valence-corrected chi connectivity index (χ3v) is 2.87. The summed E-state index contributed by atoms with van der Waals surface area (Å²) in [5.74, 6) is -2.81. The Morgan fingerprint density at radius 2 is 1.90 bits per heavy atom. The van der Waals surface area contributed by atoms with Gasteiger partial charge in [0, 0.05) is 11.6 Å². The lowest BCUT2D eigenvalue weighted by atomic mass is 10.1. The van der Waals surface area contributed by atoms with Crippen molar-refractivity contribution in [2.24, 2.45) is 5.73 Å². The number of carboxylic acids is 1. The fourth-order valence-corrected chi connectivity index (χ4v) is 1.84. The number of carboxylic acid groups (broad SMARTS) is 1. The molecular weight excluding hydrogens is 274 g/mol. The highest BCUT2D eigenvalue weighted by molar-refractivity contribution is 5.98. The molecule has 2 amide bonds. The summed E-state index contributed by atoms with van der Waals surface area (Å²) in [4.78, 5) is 37.7. The number of amides is 2. The predicted octanol–water partition coefficient (Wildman–Crippen LogP) is 0.293. The molecule has 108 valence electrons. The van der Waals surface area contributed by atoms with Crippen molar-refractivity contribution in [1.82, 2.24) is 10.3 Å². The van der Waals surface area contributed by atoms with Crippen LogP contribution in [-0.4, -0.2) is 33.9 Å². The molecule has 7 nitrogen and oxygen atoms in total.